The molecule has 11 nitrogen and oxygen atoms in total. The number of carbonyl (C=O) groups is 1. The lowest BCUT2D eigenvalue weighted by atomic mass is 10.2. The summed E-state index contributed by atoms with van der Waals surface area (Å²) in [6.07, 6.45) is 0.177. The van der Waals surface area contributed by atoms with Gasteiger partial charge in [0.2, 0.25) is 5.91 Å². The first-order valence-electron chi connectivity index (χ1n) is 8.74. The molecule has 15 heteroatoms. The van der Waals surface area contributed by atoms with Crippen molar-refractivity contribution >= 4 is 72.3 Å². The molecule has 0 unspecified atom stereocenters. The molecule has 0 atom stereocenters. The molecule has 2 rings (SSSR count). The first-order chi connectivity index (χ1) is 14.8. The lowest BCUT2D eigenvalue weighted by Gasteiger charge is -2.11. The third-order valence-corrected chi connectivity index (χ3v) is 7.01. The first-order valence-corrected chi connectivity index (χ1v) is 13.2. The van der Waals surface area contributed by atoms with Gasteiger partial charge in [0.05, 0.1) is 22.2 Å². The van der Waals surface area contributed by atoms with Crippen LogP contribution in [0.15, 0.2) is 50.4 Å². The van der Waals surface area contributed by atoms with Crippen molar-refractivity contribution in [1.29, 1.82) is 0 Å². The summed E-state index contributed by atoms with van der Waals surface area (Å²) in [5.74, 6) is -0.465. The molecule has 2 aromatic rings. The summed E-state index contributed by atoms with van der Waals surface area (Å²) in [5, 5.41) is 10.3. The van der Waals surface area contributed by atoms with Crippen molar-refractivity contribution < 1.29 is 30.7 Å². The predicted octanol–water partition coefficient (Wildman–Crippen LogP) is 3.91. The van der Waals surface area contributed by atoms with E-state index >= 15 is 0 Å². The number of rotatable bonds is 9. The van der Waals surface area contributed by atoms with Crippen LogP contribution in [-0.4, -0.2) is 43.4 Å². The van der Waals surface area contributed by atoms with Gasteiger partial charge in [0, 0.05) is 17.5 Å². The van der Waals surface area contributed by atoms with E-state index in [1.54, 1.807) is 0 Å². The van der Waals surface area contributed by atoms with Gasteiger partial charge >= 0.3 is 0 Å². The van der Waals surface area contributed by atoms with Gasteiger partial charge in [0.25, 0.3) is 20.2 Å². The number of anilines is 2. The second-order valence-electron chi connectivity index (χ2n) is 6.37. The van der Waals surface area contributed by atoms with E-state index in [9.17, 15) is 26.2 Å². The van der Waals surface area contributed by atoms with Crippen LogP contribution in [-0.2, 0) is 25.0 Å². The number of hydrogen-bond acceptors (Lipinski definition) is 9. The van der Waals surface area contributed by atoms with Crippen molar-refractivity contribution in [1.82, 2.24) is 0 Å². The van der Waals surface area contributed by atoms with Crippen molar-refractivity contribution in [3.05, 3.63) is 35.4 Å². The zero-order valence-corrected chi connectivity index (χ0v) is 19.7. The number of carbonyl (C=O) groups excluding carboxylic acids is 1. The van der Waals surface area contributed by atoms with E-state index in [0.29, 0.717) is 16.3 Å². The summed E-state index contributed by atoms with van der Waals surface area (Å²) in [7, 11) is -8.64. The van der Waals surface area contributed by atoms with Crippen molar-refractivity contribution in [2.24, 2.45) is 10.2 Å². The van der Waals surface area contributed by atoms with Crippen molar-refractivity contribution in [3.8, 4) is 0 Å². The zero-order valence-electron chi connectivity index (χ0n) is 16.5. The van der Waals surface area contributed by atoms with Crippen LogP contribution in [0.5, 0.6) is 0 Å². The predicted molar refractivity (Wildman–Crippen MR) is 122 cm³/mol. The van der Waals surface area contributed by atoms with Crippen LogP contribution in [0.2, 0.25) is 5.02 Å². The lowest BCUT2D eigenvalue weighted by molar-refractivity contribution is -0.114. The largest absolute Gasteiger partial charge is 0.398 e. The summed E-state index contributed by atoms with van der Waals surface area (Å²) < 4.78 is 62.5. The van der Waals surface area contributed by atoms with Crippen LogP contribution in [0.3, 0.4) is 0 Å². The normalized spacial score (nSPS) is 12.2. The van der Waals surface area contributed by atoms with Crippen molar-refractivity contribution in [2.75, 3.05) is 22.6 Å². The Bertz CT molecular complexity index is 1270. The third kappa shape index (κ3) is 8.03. The van der Waals surface area contributed by atoms with Gasteiger partial charge in [0.15, 0.2) is 0 Å². The Hall–Kier alpha value is -2.23. The molecular weight excluding hydrogens is 504 g/mol. The van der Waals surface area contributed by atoms with Crippen LogP contribution in [0, 0.1) is 0 Å². The van der Waals surface area contributed by atoms with Gasteiger partial charge in [0.1, 0.15) is 10.6 Å². The number of halogens is 1. The number of thioether (sulfide) groups is 1. The molecule has 5 N–H and O–H groups in total. The summed E-state index contributed by atoms with van der Waals surface area (Å²) in [5.41, 5.74) is 6.80. The Kier molecular flexibility index (Phi) is 8.61. The molecular formula is C17H19ClN4O7S3. The lowest BCUT2D eigenvalue weighted by Crippen LogP contribution is -2.07. The van der Waals surface area contributed by atoms with Crippen molar-refractivity contribution in [2.45, 2.75) is 23.1 Å². The minimum atomic E-state index is -4.57. The van der Waals surface area contributed by atoms with Gasteiger partial charge in [-0.1, -0.05) is 11.6 Å². The first kappa shape index (κ1) is 26.0. The quantitative estimate of drug-likeness (QED) is 0.124. The summed E-state index contributed by atoms with van der Waals surface area (Å²) in [4.78, 5) is 11.5. The van der Waals surface area contributed by atoms with Gasteiger partial charge < -0.3 is 11.1 Å². The average molecular weight is 523 g/mol. The minimum Gasteiger partial charge on any atom is -0.398 e. The highest BCUT2D eigenvalue weighted by atomic mass is 35.5. The van der Waals surface area contributed by atoms with E-state index < -0.39 is 36.8 Å². The fourth-order valence-corrected chi connectivity index (χ4v) is 4.99. The molecule has 0 fully saturated rings. The number of nitrogen functional groups attached to an aromatic ring is 1. The maximum absolute atomic E-state index is 11.5. The Morgan fingerprint density at radius 1 is 1.16 bits per heavy atom. The zero-order chi connectivity index (χ0) is 24.1. The Balaban J connectivity index is 2.36. The maximum Gasteiger partial charge on any atom is 0.296 e. The van der Waals surface area contributed by atoms with Gasteiger partial charge in [-0.2, -0.15) is 21.9 Å². The molecule has 0 heterocycles. The molecule has 32 heavy (non-hydrogen) atoms. The van der Waals surface area contributed by atoms with Gasteiger partial charge in [-0.15, -0.1) is 16.9 Å². The number of nitrogens with one attached hydrogen (secondary N) is 1. The molecule has 0 saturated heterocycles. The smallest absolute Gasteiger partial charge is 0.296 e. The highest BCUT2D eigenvalue weighted by Crippen LogP contribution is 2.37. The topological polar surface area (TPSA) is 189 Å². The number of benzene rings is 2. The molecule has 0 aliphatic heterocycles. The van der Waals surface area contributed by atoms with E-state index in [2.05, 4.69) is 15.5 Å². The third-order valence-electron chi connectivity index (χ3n) is 3.71. The fourth-order valence-electron chi connectivity index (χ4n) is 2.37. The van der Waals surface area contributed by atoms with E-state index in [-0.39, 0.29) is 28.5 Å². The second-order valence-corrected chi connectivity index (χ2v) is 10.9. The number of hydrogen-bond donors (Lipinski definition) is 4. The van der Waals surface area contributed by atoms with Gasteiger partial charge in [-0.3, -0.25) is 13.9 Å². The molecule has 0 aliphatic rings. The van der Waals surface area contributed by atoms with E-state index in [4.69, 9.17) is 21.9 Å². The molecule has 0 saturated carbocycles. The number of amides is 1. The van der Waals surface area contributed by atoms with E-state index in [0.717, 1.165) is 6.07 Å². The Morgan fingerprint density at radius 3 is 2.44 bits per heavy atom. The summed E-state index contributed by atoms with van der Waals surface area (Å²) >= 11 is 6.99. The van der Waals surface area contributed by atoms with Crippen LogP contribution >= 0.6 is 23.4 Å². The Morgan fingerprint density at radius 2 is 1.84 bits per heavy atom. The Labute approximate surface area is 193 Å². The molecule has 0 aromatic heterocycles. The van der Waals surface area contributed by atoms with Crippen LogP contribution in [0.4, 0.5) is 22.7 Å². The molecule has 0 aliphatic carbocycles. The maximum atomic E-state index is 11.5. The van der Waals surface area contributed by atoms with Crippen LogP contribution < -0.4 is 11.1 Å². The second kappa shape index (κ2) is 10.6. The van der Waals surface area contributed by atoms with Crippen LogP contribution in [0.1, 0.15) is 13.3 Å². The average Bonchev–Trinajstić information content (AvgIpc) is 2.64. The number of azo groups is 1. The summed E-state index contributed by atoms with van der Waals surface area (Å²) in [6, 6.07) is 6.60. The van der Waals surface area contributed by atoms with Crippen LogP contribution in [0.25, 0.3) is 0 Å². The fraction of sp³-hybridized carbons (Fsp3) is 0.235. The number of nitrogens with zero attached hydrogens (tertiary/aromatic N) is 2. The molecule has 2 aromatic carbocycles. The highest BCUT2D eigenvalue weighted by Gasteiger charge is 2.15. The molecule has 1 amide bonds. The molecule has 0 radical (unpaired) electrons. The monoisotopic (exact) mass is 522 g/mol. The molecule has 0 spiro atoms. The van der Waals surface area contributed by atoms with E-state index in [1.807, 2.05) is 0 Å². The number of nitrogens with two attached hydrogens (primary N) is 1. The molecule has 174 valence electrons. The van der Waals surface area contributed by atoms with Gasteiger partial charge in [-0.25, -0.2) is 0 Å². The standard InChI is InChI=1S/C17H19ClN4O7S3/c1-10(23)20-14-8-13(19)16(30-5-2-6-31(24,25)26)9-15(14)22-21-11-3-4-12(18)17(7-11)32(27,28)29/h3-4,7-9H,2,5-6,19H2,1H3,(H,20,23)(H,24,25,26)(H,27,28,29). The highest BCUT2D eigenvalue weighted by molar-refractivity contribution is 7.99. The SMILES string of the molecule is CC(=O)Nc1cc(N)c(SCCCS(=O)(=O)O)cc1N=Nc1ccc(Cl)c(S(=O)(=O)O)c1. The van der Waals surface area contributed by atoms with E-state index in [1.165, 1.54) is 43.0 Å². The van der Waals surface area contributed by atoms with Crippen molar-refractivity contribution in [3.63, 3.8) is 0 Å². The summed E-state index contributed by atoms with van der Waals surface area (Å²) in [6.45, 7) is 1.28. The van der Waals surface area contributed by atoms with Gasteiger partial charge in [-0.05, 0) is 42.5 Å². The molecule has 0 bridgehead atoms. The minimum absolute atomic E-state index is 0.0648.